The van der Waals surface area contributed by atoms with Crippen molar-refractivity contribution < 1.29 is 4.74 Å². The van der Waals surface area contributed by atoms with E-state index in [-0.39, 0.29) is 5.60 Å². The van der Waals surface area contributed by atoms with Crippen LogP contribution in [0.25, 0.3) is 0 Å². The highest BCUT2D eigenvalue weighted by Gasteiger charge is 2.43. The Morgan fingerprint density at radius 2 is 2.21 bits per heavy atom. The first-order valence-electron chi connectivity index (χ1n) is 5.45. The lowest BCUT2D eigenvalue weighted by Crippen LogP contribution is -2.47. The summed E-state index contributed by atoms with van der Waals surface area (Å²) in [4.78, 5) is 0. The van der Waals surface area contributed by atoms with Gasteiger partial charge in [0.1, 0.15) is 4.11 Å². The average Bonchev–Trinajstić information content (AvgIpc) is 2.10. The number of halogens is 1. The Bertz CT molecular complexity index is 224. The van der Waals surface area contributed by atoms with Crippen molar-refractivity contribution >= 4 is 22.6 Å². The van der Waals surface area contributed by atoms with Gasteiger partial charge < -0.3 is 4.74 Å². The summed E-state index contributed by atoms with van der Waals surface area (Å²) in [6, 6.07) is 0. The molecule has 0 unspecified atom stereocenters. The van der Waals surface area contributed by atoms with Gasteiger partial charge in [0.25, 0.3) is 0 Å². The molecule has 1 saturated heterocycles. The van der Waals surface area contributed by atoms with Crippen molar-refractivity contribution in [2.75, 3.05) is 0 Å². The van der Waals surface area contributed by atoms with Gasteiger partial charge in [0.15, 0.2) is 0 Å². The summed E-state index contributed by atoms with van der Waals surface area (Å²) in [6.07, 6.45) is 2.14. The fourth-order valence-corrected chi connectivity index (χ4v) is 3.63. The van der Waals surface area contributed by atoms with E-state index >= 15 is 0 Å². The van der Waals surface area contributed by atoms with Gasteiger partial charge >= 0.3 is 0 Å². The summed E-state index contributed by atoms with van der Waals surface area (Å²) in [7, 11) is 0. The van der Waals surface area contributed by atoms with E-state index in [0.29, 0.717) is 15.9 Å². The minimum atomic E-state index is -0.0798. The molecule has 1 fully saturated rings. The van der Waals surface area contributed by atoms with Crippen molar-refractivity contribution in [2.24, 2.45) is 11.8 Å². The zero-order valence-corrected chi connectivity index (χ0v) is 11.8. The third-order valence-corrected chi connectivity index (χ3v) is 4.24. The first kappa shape index (κ1) is 12.5. The van der Waals surface area contributed by atoms with E-state index in [1.54, 1.807) is 0 Å². The molecule has 82 valence electrons. The molecule has 14 heavy (non-hydrogen) atoms. The average molecular weight is 308 g/mol. The topological polar surface area (TPSA) is 9.23 Å². The fourth-order valence-electron chi connectivity index (χ4n) is 2.41. The van der Waals surface area contributed by atoms with E-state index < -0.39 is 0 Å². The maximum absolute atomic E-state index is 6.15. The van der Waals surface area contributed by atoms with Crippen LogP contribution in [-0.2, 0) is 4.74 Å². The van der Waals surface area contributed by atoms with Crippen molar-refractivity contribution in [1.82, 2.24) is 0 Å². The van der Waals surface area contributed by atoms with E-state index in [9.17, 15) is 0 Å². The fraction of sp³-hybridized carbons (Fsp3) is 0.833. The molecule has 0 spiro atoms. The lowest BCUT2D eigenvalue weighted by atomic mass is 9.74. The minimum absolute atomic E-state index is 0.0798. The second-order valence-electron chi connectivity index (χ2n) is 4.59. The van der Waals surface area contributed by atoms with Crippen LogP contribution >= 0.6 is 22.6 Å². The van der Waals surface area contributed by atoms with Crippen LogP contribution in [-0.4, -0.2) is 9.71 Å². The van der Waals surface area contributed by atoms with Crippen LogP contribution in [0.1, 0.15) is 40.5 Å². The minimum Gasteiger partial charge on any atom is -0.357 e. The predicted octanol–water partition coefficient (Wildman–Crippen LogP) is 4.16. The van der Waals surface area contributed by atoms with Gasteiger partial charge in [-0.2, -0.15) is 0 Å². The van der Waals surface area contributed by atoms with E-state index in [1.165, 1.54) is 5.57 Å². The van der Waals surface area contributed by atoms with Crippen LogP contribution in [0.4, 0.5) is 0 Å². The predicted molar refractivity (Wildman–Crippen MR) is 69.7 cm³/mol. The third-order valence-electron chi connectivity index (χ3n) is 3.47. The Kier molecular flexibility index (Phi) is 4.03. The van der Waals surface area contributed by atoms with Crippen LogP contribution in [0.15, 0.2) is 12.2 Å². The summed E-state index contributed by atoms with van der Waals surface area (Å²) < 4.78 is 6.50. The monoisotopic (exact) mass is 308 g/mol. The quantitative estimate of drug-likeness (QED) is 0.423. The van der Waals surface area contributed by atoms with Crippen molar-refractivity contribution in [1.29, 1.82) is 0 Å². The van der Waals surface area contributed by atoms with E-state index in [4.69, 9.17) is 4.74 Å². The number of rotatable bonds is 2. The molecule has 0 aromatic rings. The molecule has 0 N–H and O–H groups in total. The van der Waals surface area contributed by atoms with Gasteiger partial charge in [-0.25, -0.2) is 0 Å². The van der Waals surface area contributed by atoms with E-state index in [2.05, 4.69) is 56.9 Å². The zero-order valence-electron chi connectivity index (χ0n) is 9.64. The van der Waals surface area contributed by atoms with Gasteiger partial charge in [-0.05, 0) is 30.3 Å². The van der Waals surface area contributed by atoms with Gasteiger partial charge in [-0.3, -0.25) is 0 Å². The van der Waals surface area contributed by atoms with Crippen LogP contribution in [0.5, 0.6) is 0 Å². The molecule has 2 heteroatoms. The molecule has 1 heterocycles. The summed E-state index contributed by atoms with van der Waals surface area (Å²) in [6.45, 7) is 13.2. The molecular weight excluding hydrogens is 287 g/mol. The lowest BCUT2D eigenvalue weighted by molar-refractivity contribution is -0.0907. The smallest absolute Gasteiger partial charge is 0.110 e. The Hall–Kier alpha value is 0.430. The second kappa shape index (κ2) is 4.52. The lowest BCUT2D eigenvalue weighted by Gasteiger charge is -2.46. The molecule has 0 amide bonds. The highest BCUT2D eigenvalue weighted by atomic mass is 127. The molecule has 0 aromatic carbocycles. The van der Waals surface area contributed by atoms with E-state index in [1.807, 2.05) is 0 Å². The van der Waals surface area contributed by atoms with Gasteiger partial charge in [0, 0.05) is 0 Å². The maximum Gasteiger partial charge on any atom is 0.110 e. The molecular formula is C12H21IO. The first-order chi connectivity index (χ1) is 6.44. The molecule has 1 nitrogen and oxygen atoms in total. The van der Waals surface area contributed by atoms with Crippen molar-refractivity contribution in [3.63, 3.8) is 0 Å². The van der Waals surface area contributed by atoms with Gasteiger partial charge in [0.2, 0.25) is 0 Å². The molecule has 1 aliphatic rings. The number of alkyl halides is 1. The number of hydrogen-bond acceptors (Lipinski definition) is 1. The molecule has 0 bridgehead atoms. The Balaban J connectivity index is 2.97. The van der Waals surface area contributed by atoms with Gasteiger partial charge in [-0.1, -0.05) is 56.9 Å². The summed E-state index contributed by atoms with van der Waals surface area (Å²) in [5.41, 5.74) is 1.21. The Morgan fingerprint density at radius 1 is 1.64 bits per heavy atom. The normalized spacial score (nSPS) is 39.1. The van der Waals surface area contributed by atoms with Crippen molar-refractivity contribution in [3.05, 3.63) is 12.2 Å². The summed E-state index contributed by atoms with van der Waals surface area (Å²) in [5.74, 6) is 1.10. The van der Waals surface area contributed by atoms with Crippen LogP contribution in [0, 0.1) is 11.8 Å². The van der Waals surface area contributed by atoms with Gasteiger partial charge in [-0.15, -0.1) is 0 Å². The molecule has 3 atom stereocenters. The van der Waals surface area contributed by atoms with E-state index in [0.717, 1.165) is 12.8 Å². The van der Waals surface area contributed by atoms with Crippen LogP contribution in [0.2, 0.25) is 0 Å². The standard InChI is InChI=1S/C12H21IO/c1-6-12(8(2)3)10(5)9(4)7-11(13)14-12/h8-9,11H,5-7H2,1-4H3/t9-,11-,12+/m1/s1. The zero-order chi connectivity index (χ0) is 10.9. The second-order valence-corrected chi connectivity index (χ2v) is 5.98. The Morgan fingerprint density at radius 3 is 2.64 bits per heavy atom. The highest BCUT2D eigenvalue weighted by Crippen LogP contribution is 2.44. The molecule has 1 aliphatic heterocycles. The summed E-state index contributed by atoms with van der Waals surface area (Å²) in [5, 5.41) is 0. The highest BCUT2D eigenvalue weighted by molar-refractivity contribution is 14.1. The van der Waals surface area contributed by atoms with Crippen molar-refractivity contribution in [3.8, 4) is 0 Å². The van der Waals surface area contributed by atoms with Crippen molar-refractivity contribution in [2.45, 2.75) is 50.2 Å². The van der Waals surface area contributed by atoms with Gasteiger partial charge in [0.05, 0.1) is 5.60 Å². The van der Waals surface area contributed by atoms with Crippen LogP contribution < -0.4 is 0 Å². The largest absolute Gasteiger partial charge is 0.357 e. The number of hydrogen-bond donors (Lipinski definition) is 0. The summed E-state index contributed by atoms with van der Waals surface area (Å²) >= 11 is 2.40. The third kappa shape index (κ3) is 2.01. The molecule has 0 aromatic heterocycles. The molecule has 0 radical (unpaired) electrons. The first-order valence-corrected chi connectivity index (χ1v) is 6.69. The Labute approximate surface area is 101 Å². The van der Waals surface area contributed by atoms with Crippen LogP contribution in [0.3, 0.4) is 0 Å². The SMILES string of the molecule is C=C1[C@H](C)C[C@H](I)O[C@@]1(CC)C(C)C. The molecule has 0 aliphatic carbocycles. The molecule has 0 saturated carbocycles. The molecule has 1 rings (SSSR count). The number of ether oxygens (including phenoxy) is 1. The maximum atomic E-state index is 6.15.